The van der Waals surface area contributed by atoms with Crippen LogP contribution in [-0.2, 0) is 0 Å². The molecule has 0 amide bonds. The van der Waals surface area contributed by atoms with Crippen molar-refractivity contribution >= 4 is 5.82 Å². The first-order valence-corrected chi connectivity index (χ1v) is 5.44. The summed E-state index contributed by atoms with van der Waals surface area (Å²) in [5.41, 5.74) is 1.99. The van der Waals surface area contributed by atoms with Gasteiger partial charge in [-0.2, -0.15) is 5.26 Å². The monoisotopic (exact) mass is 237 g/mol. The lowest BCUT2D eigenvalue weighted by Gasteiger charge is -2.35. The smallest absolute Gasteiger partial charge is 0.252 e. The van der Waals surface area contributed by atoms with E-state index in [0.29, 0.717) is 17.1 Å². The van der Waals surface area contributed by atoms with Crippen molar-refractivity contribution in [2.24, 2.45) is 0 Å². The highest BCUT2D eigenvalue weighted by Crippen LogP contribution is 2.38. The molecule has 1 aliphatic carbocycles. The summed E-state index contributed by atoms with van der Waals surface area (Å²) in [6.07, 6.45) is -0.292. The molecule has 0 spiro atoms. The highest BCUT2D eigenvalue weighted by atomic mass is 19.3. The Hall–Kier alpha value is -1.70. The zero-order valence-corrected chi connectivity index (χ0v) is 9.72. The second kappa shape index (κ2) is 3.95. The second-order valence-corrected chi connectivity index (χ2v) is 4.50. The van der Waals surface area contributed by atoms with Crippen molar-refractivity contribution in [3.8, 4) is 6.07 Å². The number of aromatic nitrogens is 1. The predicted molar refractivity (Wildman–Crippen MR) is 60.0 cm³/mol. The van der Waals surface area contributed by atoms with E-state index in [1.807, 2.05) is 6.92 Å². The van der Waals surface area contributed by atoms with Gasteiger partial charge in [-0.3, -0.25) is 0 Å². The first-order chi connectivity index (χ1) is 7.91. The Balaban J connectivity index is 2.11. The minimum Gasteiger partial charge on any atom is -0.367 e. The number of nitrogens with zero attached hydrogens (tertiary/aromatic N) is 2. The van der Waals surface area contributed by atoms with Gasteiger partial charge in [-0.25, -0.2) is 13.8 Å². The van der Waals surface area contributed by atoms with E-state index in [2.05, 4.69) is 16.4 Å². The van der Waals surface area contributed by atoms with Gasteiger partial charge in [0.15, 0.2) is 0 Å². The van der Waals surface area contributed by atoms with E-state index >= 15 is 0 Å². The fourth-order valence-electron chi connectivity index (χ4n) is 2.05. The topological polar surface area (TPSA) is 48.7 Å². The summed E-state index contributed by atoms with van der Waals surface area (Å²) in [4.78, 5) is 4.20. The number of hydrogen-bond acceptors (Lipinski definition) is 3. The molecule has 17 heavy (non-hydrogen) atoms. The van der Waals surface area contributed by atoms with Gasteiger partial charge in [-0.1, -0.05) is 0 Å². The van der Waals surface area contributed by atoms with Crippen molar-refractivity contribution in [3.63, 3.8) is 0 Å². The van der Waals surface area contributed by atoms with E-state index in [0.717, 1.165) is 5.56 Å². The summed E-state index contributed by atoms with van der Waals surface area (Å²) in [7, 11) is 0. The average molecular weight is 237 g/mol. The van der Waals surface area contributed by atoms with E-state index in [9.17, 15) is 8.78 Å². The van der Waals surface area contributed by atoms with Gasteiger partial charge < -0.3 is 5.32 Å². The van der Waals surface area contributed by atoms with Crippen LogP contribution < -0.4 is 5.32 Å². The highest BCUT2D eigenvalue weighted by Gasteiger charge is 2.45. The van der Waals surface area contributed by atoms with Crippen molar-refractivity contribution in [3.05, 3.63) is 22.9 Å². The molecule has 0 atom stereocenters. The van der Waals surface area contributed by atoms with Crippen LogP contribution in [0.3, 0.4) is 0 Å². The van der Waals surface area contributed by atoms with Gasteiger partial charge in [-0.05, 0) is 25.5 Å². The van der Waals surface area contributed by atoms with Crippen molar-refractivity contribution in [1.82, 2.24) is 4.98 Å². The van der Waals surface area contributed by atoms with Crippen LogP contribution in [0.25, 0.3) is 0 Å². The van der Waals surface area contributed by atoms with Gasteiger partial charge in [0.2, 0.25) is 0 Å². The molecule has 1 saturated carbocycles. The molecule has 0 saturated heterocycles. The minimum atomic E-state index is -2.53. The number of aryl methyl sites for hydroxylation is 2. The predicted octanol–water partition coefficient (Wildman–Crippen LogP) is 2.78. The first kappa shape index (κ1) is 11.8. The number of hydrogen-bond donors (Lipinski definition) is 1. The van der Waals surface area contributed by atoms with Crippen LogP contribution in [0.1, 0.15) is 29.7 Å². The van der Waals surface area contributed by atoms with Crippen molar-refractivity contribution < 1.29 is 8.78 Å². The molecule has 1 aromatic heterocycles. The SMILES string of the molecule is Cc1cc(NC2CC(F)(F)C2)nc(C)c1C#N. The van der Waals surface area contributed by atoms with Gasteiger partial charge in [0.25, 0.3) is 5.92 Å². The molecule has 0 bridgehead atoms. The van der Waals surface area contributed by atoms with Crippen LogP contribution in [0.15, 0.2) is 6.07 Å². The van der Waals surface area contributed by atoms with E-state index < -0.39 is 5.92 Å². The lowest BCUT2D eigenvalue weighted by atomic mass is 9.88. The maximum absolute atomic E-state index is 12.7. The fourth-order valence-corrected chi connectivity index (χ4v) is 2.05. The van der Waals surface area contributed by atoms with E-state index in [1.165, 1.54) is 0 Å². The number of rotatable bonds is 2. The number of anilines is 1. The Bertz CT molecular complexity index is 460. The molecule has 90 valence electrons. The minimum absolute atomic E-state index is 0.146. The molecule has 0 aromatic carbocycles. The third kappa shape index (κ3) is 2.36. The van der Waals surface area contributed by atoms with E-state index in [4.69, 9.17) is 5.26 Å². The number of alkyl halides is 2. The Labute approximate surface area is 98.5 Å². The number of halogens is 2. The number of pyridine rings is 1. The summed E-state index contributed by atoms with van der Waals surface area (Å²) >= 11 is 0. The Morgan fingerprint density at radius 2 is 2.12 bits per heavy atom. The molecular weight excluding hydrogens is 224 g/mol. The molecular formula is C12H13F2N3. The molecule has 1 aromatic rings. The molecule has 1 N–H and O–H groups in total. The third-order valence-corrected chi connectivity index (χ3v) is 2.95. The maximum atomic E-state index is 12.7. The fraction of sp³-hybridized carbons (Fsp3) is 0.500. The lowest BCUT2D eigenvalue weighted by Crippen LogP contribution is -2.44. The highest BCUT2D eigenvalue weighted by molar-refractivity contribution is 5.49. The van der Waals surface area contributed by atoms with Crippen LogP contribution in [0, 0.1) is 25.2 Å². The quantitative estimate of drug-likeness (QED) is 0.860. The zero-order valence-electron chi connectivity index (χ0n) is 9.72. The van der Waals surface area contributed by atoms with Crippen molar-refractivity contribution in [2.75, 3.05) is 5.32 Å². The van der Waals surface area contributed by atoms with Crippen LogP contribution in [0.5, 0.6) is 0 Å². The zero-order chi connectivity index (χ0) is 12.6. The van der Waals surface area contributed by atoms with E-state index in [1.54, 1.807) is 13.0 Å². The van der Waals surface area contributed by atoms with Crippen LogP contribution >= 0.6 is 0 Å². The van der Waals surface area contributed by atoms with Gasteiger partial charge >= 0.3 is 0 Å². The first-order valence-electron chi connectivity index (χ1n) is 5.44. The third-order valence-electron chi connectivity index (χ3n) is 2.95. The molecule has 1 heterocycles. The second-order valence-electron chi connectivity index (χ2n) is 4.50. The van der Waals surface area contributed by atoms with Gasteiger partial charge in [0.1, 0.15) is 11.9 Å². The number of nitrogens with one attached hydrogen (secondary N) is 1. The number of nitriles is 1. The van der Waals surface area contributed by atoms with Gasteiger partial charge in [0, 0.05) is 18.9 Å². The average Bonchev–Trinajstić information content (AvgIpc) is 2.14. The molecule has 0 aliphatic heterocycles. The van der Waals surface area contributed by atoms with Crippen LogP contribution in [-0.4, -0.2) is 16.9 Å². The van der Waals surface area contributed by atoms with Crippen LogP contribution in [0.2, 0.25) is 0 Å². The van der Waals surface area contributed by atoms with Crippen LogP contribution in [0.4, 0.5) is 14.6 Å². The standard InChI is InChI=1S/C12H13F2N3/c1-7-3-11(16-8(2)10(7)6-15)17-9-4-12(13,14)5-9/h3,9H,4-5H2,1-2H3,(H,16,17). The molecule has 5 heteroatoms. The Kier molecular flexibility index (Phi) is 2.74. The van der Waals surface area contributed by atoms with E-state index in [-0.39, 0.29) is 18.9 Å². The lowest BCUT2D eigenvalue weighted by molar-refractivity contribution is -0.0794. The molecule has 3 nitrogen and oxygen atoms in total. The molecule has 0 unspecified atom stereocenters. The van der Waals surface area contributed by atoms with Gasteiger partial charge in [-0.15, -0.1) is 0 Å². The Morgan fingerprint density at radius 1 is 1.47 bits per heavy atom. The summed E-state index contributed by atoms with van der Waals surface area (Å²) in [5.74, 6) is -1.96. The molecule has 2 rings (SSSR count). The Morgan fingerprint density at radius 3 is 2.59 bits per heavy atom. The maximum Gasteiger partial charge on any atom is 0.252 e. The summed E-state index contributed by atoms with van der Waals surface area (Å²) in [5, 5.41) is 11.9. The summed E-state index contributed by atoms with van der Waals surface area (Å²) < 4.78 is 25.3. The molecule has 1 fully saturated rings. The normalized spacial score (nSPS) is 18.3. The summed E-state index contributed by atoms with van der Waals surface area (Å²) in [6, 6.07) is 3.58. The summed E-state index contributed by atoms with van der Waals surface area (Å²) in [6.45, 7) is 3.56. The largest absolute Gasteiger partial charge is 0.367 e. The van der Waals surface area contributed by atoms with Crippen molar-refractivity contribution in [2.45, 2.75) is 38.7 Å². The van der Waals surface area contributed by atoms with Gasteiger partial charge in [0.05, 0.1) is 11.3 Å². The van der Waals surface area contributed by atoms with Crippen molar-refractivity contribution in [1.29, 1.82) is 5.26 Å². The molecule has 1 aliphatic rings. The molecule has 0 radical (unpaired) electrons.